The average molecular weight is 356 g/mol. The van der Waals surface area contributed by atoms with Crippen molar-refractivity contribution in [2.75, 3.05) is 13.1 Å². The number of carbonyl (C=O) groups excluding carboxylic acids is 1. The number of nitrogens with two attached hydrogens (primary N) is 1. The van der Waals surface area contributed by atoms with Gasteiger partial charge in [-0.3, -0.25) is 9.69 Å². The standard InChI is InChI=1S/C22H33N3O/c1-15(16-6-3-2-4-7-16)25-11-10-20(14-25)24-22(26)19-12-17-8-5-9-18(13-19)21(17)23/h2-4,6-7,15,17-21H,5,8-14,23H2,1H3,(H,24,26). The molecule has 4 atom stereocenters. The summed E-state index contributed by atoms with van der Waals surface area (Å²) in [7, 11) is 0. The molecular weight excluding hydrogens is 322 g/mol. The van der Waals surface area contributed by atoms with Crippen molar-refractivity contribution >= 4 is 5.91 Å². The van der Waals surface area contributed by atoms with Crippen LogP contribution in [-0.2, 0) is 4.79 Å². The first-order valence-electron chi connectivity index (χ1n) is 10.5. The molecule has 0 spiro atoms. The molecule has 4 heteroatoms. The van der Waals surface area contributed by atoms with Crippen molar-refractivity contribution in [3.05, 3.63) is 35.9 Å². The molecule has 4 rings (SSSR count). The fourth-order valence-corrected chi connectivity index (χ4v) is 5.52. The maximum absolute atomic E-state index is 12.9. The zero-order valence-corrected chi connectivity index (χ0v) is 15.9. The molecule has 1 aliphatic heterocycles. The van der Waals surface area contributed by atoms with Crippen molar-refractivity contribution in [1.29, 1.82) is 0 Å². The second-order valence-electron chi connectivity index (χ2n) is 8.77. The molecule has 0 aromatic heterocycles. The van der Waals surface area contributed by atoms with Gasteiger partial charge in [0.05, 0.1) is 0 Å². The summed E-state index contributed by atoms with van der Waals surface area (Å²) in [6.07, 6.45) is 6.79. The molecule has 2 bridgehead atoms. The van der Waals surface area contributed by atoms with E-state index in [-0.39, 0.29) is 11.8 Å². The fraction of sp³-hybridized carbons (Fsp3) is 0.682. The predicted octanol–water partition coefficient (Wildman–Crippen LogP) is 3.09. The minimum Gasteiger partial charge on any atom is -0.352 e. The second-order valence-corrected chi connectivity index (χ2v) is 8.77. The zero-order chi connectivity index (χ0) is 18.1. The number of nitrogens with one attached hydrogen (secondary N) is 1. The Bertz CT molecular complexity index is 605. The Kier molecular flexibility index (Phi) is 5.32. The van der Waals surface area contributed by atoms with Gasteiger partial charge >= 0.3 is 0 Å². The Morgan fingerprint density at radius 1 is 1.15 bits per heavy atom. The van der Waals surface area contributed by atoms with Gasteiger partial charge in [0.15, 0.2) is 0 Å². The van der Waals surface area contributed by atoms with Gasteiger partial charge in [-0.2, -0.15) is 0 Å². The largest absolute Gasteiger partial charge is 0.352 e. The van der Waals surface area contributed by atoms with Crippen molar-refractivity contribution in [2.45, 2.75) is 63.6 Å². The third-order valence-electron chi connectivity index (χ3n) is 7.18. The fourth-order valence-electron chi connectivity index (χ4n) is 5.52. The van der Waals surface area contributed by atoms with Crippen LogP contribution >= 0.6 is 0 Å². The van der Waals surface area contributed by atoms with E-state index in [1.807, 2.05) is 0 Å². The summed E-state index contributed by atoms with van der Waals surface area (Å²) >= 11 is 0. The molecule has 4 unspecified atom stereocenters. The van der Waals surface area contributed by atoms with Crippen molar-refractivity contribution in [3.63, 3.8) is 0 Å². The van der Waals surface area contributed by atoms with Crippen LogP contribution in [0.25, 0.3) is 0 Å². The first kappa shape index (κ1) is 18.0. The number of hydrogen-bond acceptors (Lipinski definition) is 3. The summed E-state index contributed by atoms with van der Waals surface area (Å²) in [6.45, 7) is 4.28. The summed E-state index contributed by atoms with van der Waals surface area (Å²) in [5.74, 6) is 1.60. The SMILES string of the molecule is CC(c1ccccc1)N1CCC(NC(=O)C2CC3CCCC(C2)C3N)C1. The molecule has 3 fully saturated rings. The van der Waals surface area contributed by atoms with Crippen LogP contribution in [0, 0.1) is 17.8 Å². The molecule has 1 aromatic carbocycles. The normalized spacial score (nSPS) is 35.8. The lowest BCUT2D eigenvalue weighted by molar-refractivity contribution is -0.128. The van der Waals surface area contributed by atoms with Crippen LogP contribution in [0.15, 0.2) is 30.3 Å². The number of fused-ring (bicyclic) bond motifs is 2. The molecule has 3 aliphatic rings. The van der Waals surface area contributed by atoms with E-state index in [9.17, 15) is 4.79 Å². The van der Waals surface area contributed by atoms with Crippen molar-refractivity contribution in [3.8, 4) is 0 Å². The van der Waals surface area contributed by atoms with Crippen molar-refractivity contribution in [1.82, 2.24) is 10.2 Å². The van der Waals surface area contributed by atoms with E-state index < -0.39 is 0 Å². The Morgan fingerprint density at radius 3 is 2.54 bits per heavy atom. The first-order chi connectivity index (χ1) is 12.6. The maximum atomic E-state index is 12.9. The average Bonchev–Trinajstić information content (AvgIpc) is 3.10. The van der Waals surface area contributed by atoms with Gasteiger partial charge < -0.3 is 11.1 Å². The van der Waals surface area contributed by atoms with E-state index in [0.717, 1.165) is 32.4 Å². The third-order valence-corrected chi connectivity index (χ3v) is 7.18. The van der Waals surface area contributed by atoms with Gasteiger partial charge in [0, 0.05) is 37.1 Å². The van der Waals surface area contributed by atoms with Crippen molar-refractivity contribution in [2.24, 2.45) is 23.5 Å². The summed E-state index contributed by atoms with van der Waals surface area (Å²) in [4.78, 5) is 15.4. The minimum atomic E-state index is 0.186. The number of amides is 1. The molecule has 26 heavy (non-hydrogen) atoms. The highest BCUT2D eigenvalue weighted by Gasteiger charge is 2.41. The van der Waals surface area contributed by atoms with Gasteiger partial charge in [-0.05, 0) is 56.4 Å². The smallest absolute Gasteiger partial charge is 0.223 e. The van der Waals surface area contributed by atoms with Gasteiger partial charge in [0.1, 0.15) is 0 Å². The summed E-state index contributed by atoms with van der Waals surface area (Å²) in [5, 5.41) is 3.37. The van der Waals surface area contributed by atoms with E-state index in [4.69, 9.17) is 5.73 Å². The lowest BCUT2D eigenvalue weighted by atomic mass is 9.65. The van der Waals surface area contributed by atoms with E-state index >= 15 is 0 Å². The lowest BCUT2D eigenvalue weighted by Crippen LogP contribution is -2.50. The molecule has 1 aromatic rings. The molecule has 0 radical (unpaired) electrons. The number of carbonyl (C=O) groups is 1. The highest BCUT2D eigenvalue weighted by Crippen LogP contribution is 2.42. The molecule has 2 aliphatic carbocycles. The van der Waals surface area contributed by atoms with Gasteiger partial charge in [0.25, 0.3) is 0 Å². The van der Waals surface area contributed by atoms with Crippen LogP contribution in [-0.4, -0.2) is 36.0 Å². The monoisotopic (exact) mass is 355 g/mol. The highest BCUT2D eigenvalue weighted by atomic mass is 16.2. The topological polar surface area (TPSA) is 58.4 Å². The van der Waals surface area contributed by atoms with Gasteiger partial charge in [0.2, 0.25) is 5.91 Å². The Morgan fingerprint density at radius 2 is 1.85 bits per heavy atom. The van der Waals surface area contributed by atoms with Crippen LogP contribution in [0.3, 0.4) is 0 Å². The number of benzene rings is 1. The zero-order valence-electron chi connectivity index (χ0n) is 15.9. The highest BCUT2D eigenvalue weighted by molar-refractivity contribution is 5.79. The van der Waals surface area contributed by atoms with Gasteiger partial charge in [-0.15, -0.1) is 0 Å². The Labute approximate surface area is 157 Å². The van der Waals surface area contributed by atoms with Crippen LogP contribution < -0.4 is 11.1 Å². The molecule has 2 saturated carbocycles. The minimum absolute atomic E-state index is 0.186. The summed E-state index contributed by atoms with van der Waals surface area (Å²) in [5.41, 5.74) is 7.73. The third kappa shape index (κ3) is 3.67. The van der Waals surface area contributed by atoms with E-state index in [1.54, 1.807) is 0 Å². The van der Waals surface area contributed by atoms with Crippen LogP contribution in [0.2, 0.25) is 0 Å². The van der Waals surface area contributed by atoms with E-state index in [0.29, 0.717) is 30.0 Å². The van der Waals surface area contributed by atoms with E-state index in [1.165, 1.54) is 24.8 Å². The summed E-state index contributed by atoms with van der Waals surface area (Å²) in [6, 6.07) is 11.7. The lowest BCUT2D eigenvalue weighted by Gasteiger charge is -2.43. The van der Waals surface area contributed by atoms with Crippen LogP contribution in [0.5, 0.6) is 0 Å². The van der Waals surface area contributed by atoms with Crippen LogP contribution in [0.1, 0.15) is 57.1 Å². The van der Waals surface area contributed by atoms with Crippen molar-refractivity contribution < 1.29 is 4.79 Å². The molecule has 142 valence electrons. The van der Waals surface area contributed by atoms with E-state index in [2.05, 4.69) is 47.5 Å². The molecule has 1 amide bonds. The molecule has 3 N–H and O–H groups in total. The number of nitrogens with zero attached hydrogens (tertiary/aromatic N) is 1. The van der Waals surface area contributed by atoms with Gasteiger partial charge in [-0.25, -0.2) is 0 Å². The first-order valence-corrected chi connectivity index (χ1v) is 10.5. The second kappa shape index (κ2) is 7.69. The number of likely N-dealkylation sites (tertiary alicyclic amines) is 1. The van der Waals surface area contributed by atoms with Crippen LogP contribution in [0.4, 0.5) is 0 Å². The maximum Gasteiger partial charge on any atom is 0.223 e. The Balaban J connectivity index is 1.30. The summed E-state index contributed by atoms with van der Waals surface area (Å²) < 4.78 is 0. The molecular formula is C22H33N3O. The quantitative estimate of drug-likeness (QED) is 0.872. The molecule has 1 saturated heterocycles. The van der Waals surface area contributed by atoms with Gasteiger partial charge in [-0.1, -0.05) is 36.8 Å². The number of rotatable bonds is 4. The Hall–Kier alpha value is -1.39. The molecule has 4 nitrogen and oxygen atoms in total. The number of hydrogen-bond donors (Lipinski definition) is 2. The predicted molar refractivity (Wildman–Crippen MR) is 105 cm³/mol. The molecule has 1 heterocycles.